The van der Waals surface area contributed by atoms with Gasteiger partial charge in [-0.25, -0.2) is 8.42 Å². The number of nitrogens with one attached hydrogen (secondary N) is 2. The molecule has 0 radical (unpaired) electrons. The molecule has 0 spiro atoms. The minimum absolute atomic E-state index is 0. The van der Waals surface area contributed by atoms with Crippen molar-refractivity contribution in [3.8, 4) is 0 Å². The minimum Gasteiger partial charge on any atom is -0.356 e. The maximum absolute atomic E-state index is 11.4. The molecule has 1 fully saturated rings. The fourth-order valence-corrected chi connectivity index (χ4v) is 3.69. The van der Waals surface area contributed by atoms with E-state index >= 15 is 0 Å². The summed E-state index contributed by atoms with van der Waals surface area (Å²) in [6.07, 6.45) is 5.34. The second-order valence-corrected chi connectivity index (χ2v) is 9.97. The number of hydrogen-bond donors (Lipinski definition) is 2. The monoisotopic (exact) mass is 449 g/mol. The van der Waals surface area contributed by atoms with E-state index in [1.54, 1.807) is 18.8 Å². The quantitative estimate of drug-likeness (QED) is 0.352. The lowest BCUT2D eigenvalue weighted by atomic mass is 10.1. The Morgan fingerprint density at radius 3 is 2.29 bits per heavy atom. The molecular formula is C13H28IN3O2S2. The number of nitrogens with zero attached hydrogens (tertiary/aromatic N) is 1. The summed E-state index contributed by atoms with van der Waals surface area (Å²) >= 11 is 1.80. The summed E-state index contributed by atoms with van der Waals surface area (Å²) in [6, 6.07) is 0. The molecule has 0 bridgehead atoms. The first kappa shape index (κ1) is 21.3. The van der Waals surface area contributed by atoms with Crippen molar-refractivity contribution in [1.29, 1.82) is 0 Å². The van der Waals surface area contributed by atoms with Crippen molar-refractivity contribution >= 4 is 51.5 Å². The van der Waals surface area contributed by atoms with Crippen molar-refractivity contribution < 1.29 is 8.42 Å². The van der Waals surface area contributed by atoms with Crippen molar-refractivity contribution in [3.05, 3.63) is 0 Å². The van der Waals surface area contributed by atoms with E-state index < -0.39 is 9.84 Å². The summed E-state index contributed by atoms with van der Waals surface area (Å²) in [5.41, 5.74) is -0.0831. The third kappa shape index (κ3) is 8.49. The molecule has 0 saturated heterocycles. The van der Waals surface area contributed by atoms with Gasteiger partial charge in [-0.1, -0.05) is 0 Å². The summed E-state index contributed by atoms with van der Waals surface area (Å²) in [4.78, 5) is 4.19. The highest BCUT2D eigenvalue weighted by molar-refractivity contribution is 14.0. The number of hydrogen-bond acceptors (Lipinski definition) is 4. The molecule has 0 amide bonds. The zero-order valence-corrected chi connectivity index (χ0v) is 17.5. The highest BCUT2D eigenvalue weighted by Gasteiger charge is 2.45. The van der Waals surface area contributed by atoms with E-state index in [0.29, 0.717) is 6.54 Å². The first-order chi connectivity index (χ1) is 9.11. The Balaban J connectivity index is 0.00000400. The molecule has 126 valence electrons. The Bertz CT molecular complexity index is 460. The average Bonchev–Trinajstić information content (AvgIpc) is 3.07. The second-order valence-electron chi connectivity index (χ2n) is 6.31. The van der Waals surface area contributed by atoms with E-state index in [4.69, 9.17) is 0 Å². The lowest BCUT2D eigenvalue weighted by Crippen LogP contribution is -2.45. The maximum atomic E-state index is 11.4. The predicted molar refractivity (Wildman–Crippen MR) is 104 cm³/mol. The molecule has 0 unspecified atom stereocenters. The Morgan fingerprint density at radius 2 is 1.90 bits per heavy atom. The van der Waals surface area contributed by atoms with Crippen LogP contribution in [0.25, 0.3) is 0 Å². The van der Waals surface area contributed by atoms with Gasteiger partial charge in [-0.2, -0.15) is 11.8 Å². The lowest BCUT2D eigenvalue weighted by molar-refractivity contribution is 0.528. The number of thioether (sulfide) groups is 1. The molecule has 0 aliphatic heterocycles. The van der Waals surface area contributed by atoms with Crippen LogP contribution in [-0.4, -0.2) is 57.5 Å². The fraction of sp³-hybridized carbons (Fsp3) is 0.923. The van der Waals surface area contributed by atoms with Crippen molar-refractivity contribution in [3.63, 3.8) is 0 Å². The topological polar surface area (TPSA) is 70.6 Å². The van der Waals surface area contributed by atoms with Crippen LogP contribution in [0.4, 0.5) is 0 Å². The molecule has 0 aromatic carbocycles. The molecule has 0 aromatic heterocycles. The van der Waals surface area contributed by atoms with Gasteiger partial charge in [0.05, 0.1) is 5.75 Å². The number of halogens is 1. The number of sulfone groups is 1. The molecule has 5 nitrogen and oxygen atoms in total. The third-order valence-corrected chi connectivity index (χ3v) is 6.00. The predicted octanol–water partition coefficient (Wildman–Crippen LogP) is 1.74. The van der Waals surface area contributed by atoms with Crippen LogP contribution in [0.15, 0.2) is 4.99 Å². The first-order valence-corrected chi connectivity index (χ1v) is 10.1. The van der Waals surface area contributed by atoms with Gasteiger partial charge in [0.15, 0.2) is 5.96 Å². The summed E-state index contributed by atoms with van der Waals surface area (Å²) < 4.78 is 23.0. The molecule has 8 heteroatoms. The van der Waals surface area contributed by atoms with Gasteiger partial charge in [-0.05, 0) is 32.9 Å². The van der Waals surface area contributed by atoms with Crippen molar-refractivity contribution in [2.45, 2.75) is 31.4 Å². The molecule has 0 atom stereocenters. The van der Waals surface area contributed by atoms with Crippen molar-refractivity contribution in [2.24, 2.45) is 10.4 Å². The van der Waals surface area contributed by atoms with Crippen LogP contribution >= 0.6 is 35.7 Å². The van der Waals surface area contributed by atoms with Crippen LogP contribution in [-0.2, 0) is 9.84 Å². The Hall–Kier alpha value is 0.300. The van der Waals surface area contributed by atoms with Gasteiger partial charge in [0.25, 0.3) is 0 Å². The van der Waals surface area contributed by atoms with Gasteiger partial charge in [0, 0.05) is 36.6 Å². The van der Waals surface area contributed by atoms with E-state index in [1.165, 1.54) is 6.26 Å². The Labute approximate surface area is 150 Å². The molecule has 21 heavy (non-hydrogen) atoms. The summed E-state index contributed by atoms with van der Waals surface area (Å²) in [6.45, 7) is 5.82. The van der Waals surface area contributed by atoms with E-state index in [9.17, 15) is 8.42 Å². The largest absolute Gasteiger partial charge is 0.356 e. The summed E-state index contributed by atoms with van der Waals surface area (Å²) in [5, 5.41) is 6.55. The molecule has 1 saturated carbocycles. The Kier molecular flexibility index (Phi) is 8.35. The van der Waals surface area contributed by atoms with E-state index in [0.717, 1.165) is 25.3 Å². The normalized spacial score (nSPS) is 17.9. The molecule has 1 aliphatic rings. The highest BCUT2D eigenvalue weighted by atomic mass is 127. The van der Waals surface area contributed by atoms with Gasteiger partial charge >= 0.3 is 0 Å². The molecule has 0 heterocycles. The van der Waals surface area contributed by atoms with Gasteiger partial charge in [-0.15, -0.1) is 24.0 Å². The van der Waals surface area contributed by atoms with E-state index in [2.05, 4.69) is 35.7 Å². The van der Waals surface area contributed by atoms with Crippen LogP contribution < -0.4 is 10.6 Å². The highest BCUT2D eigenvalue weighted by Crippen LogP contribution is 2.45. The average molecular weight is 449 g/mol. The van der Waals surface area contributed by atoms with Crippen LogP contribution in [0.5, 0.6) is 0 Å². The van der Waals surface area contributed by atoms with Crippen LogP contribution in [0, 0.1) is 5.41 Å². The Morgan fingerprint density at radius 1 is 1.33 bits per heavy atom. The molecule has 1 rings (SSSR count). The zero-order chi connectivity index (χ0) is 15.4. The number of aliphatic imine (C=N–C) groups is 1. The van der Waals surface area contributed by atoms with Gasteiger partial charge in [-0.3, -0.25) is 4.99 Å². The molecule has 2 N–H and O–H groups in total. The van der Waals surface area contributed by atoms with Crippen LogP contribution in [0.3, 0.4) is 0 Å². The summed E-state index contributed by atoms with van der Waals surface area (Å²) in [7, 11) is -1.18. The molecular weight excluding hydrogens is 421 g/mol. The lowest BCUT2D eigenvalue weighted by Gasteiger charge is -2.24. The number of rotatable bonds is 7. The molecule has 1 aliphatic carbocycles. The van der Waals surface area contributed by atoms with Crippen molar-refractivity contribution in [2.75, 3.05) is 38.4 Å². The maximum Gasteiger partial charge on any atom is 0.191 e. The van der Waals surface area contributed by atoms with Gasteiger partial charge < -0.3 is 10.6 Å². The van der Waals surface area contributed by atoms with E-state index in [1.807, 2.05) is 0 Å². The molecule has 0 aromatic rings. The minimum atomic E-state index is -2.92. The third-order valence-electron chi connectivity index (χ3n) is 3.61. The van der Waals surface area contributed by atoms with Gasteiger partial charge in [0.1, 0.15) is 9.84 Å². The standard InChI is InChI=1S/C13H27N3O2S2.HI/c1-12(2,19-4)8-15-11(14-3)16-9-13(6-7-13)10-20(5,17)18;/h6-10H2,1-5H3,(H2,14,15,16);1H. The first-order valence-electron chi connectivity index (χ1n) is 6.79. The summed E-state index contributed by atoms with van der Waals surface area (Å²) in [5.74, 6) is 1.01. The van der Waals surface area contributed by atoms with Crippen molar-refractivity contribution in [1.82, 2.24) is 10.6 Å². The zero-order valence-electron chi connectivity index (χ0n) is 13.5. The smallest absolute Gasteiger partial charge is 0.191 e. The van der Waals surface area contributed by atoms with Crippen LogP contribution in [0.1, 0.15) is 26.7 Å². The van der Waals surface area contributed by atoms with Crippen LogP contribution in [0.2, 0.25) is 0 Å². The van der Waals surface area contributed by atoms with Gasteiger partial charge in [0.2, 0.25) is 0 Å². The van der Waals surface area contributed by atoms with E-state index in [-0.39, 0.29) is 39.9 Å². The second kappa shape index (κ2) is 8.24. The SMILES string of the molecule is CN=C(NCC1(CS(C)(=O)=O)CC1)NCC(C)(C)SC.I. The fourth-order valence-electron chi connectivity index (χ4n) is 1.97. The number of guanidine groups is 1.